The molecule has 1 fully saturated rings. The molecule has 1 aliphatic carbocycles. The molecule has 1 aliphatic heterocycles. The van der Waals surface area contributed by atoms with Crippen molar-refractivity contribution in [1.29, 1.82) is 0 Å². The van der Waals surface area contributed by atoms with Crippen LogP contribution in [0.3, 0.4) is 0 Å². The second-order valence-corrected chi connectivity index (χ2v) is 7.62. The molecule has 0 N–H and O–H groups in total. The zero-order valence-electron chi connectivity index (χ0n) is 14.7. The Hall–Kier alpha value is -2.11. The summed E-state index contributed by atoms with van der Waals surface area (Å²) < 4.78 is 10.6. The summed E-state index contributed by atoms with van der Waals surface area (Å²) in [5, 5.41) is 0. The van der Waals surface area contributed by atoms with E-state index in [2.05, 4.69) is 4.98 Å². The quantitative estimate of drug-likeness (QED) is 0.791. The molecule has 1 amide bonds. The van der Waals surface area contributed by atoms with E-state index in [4.69, 9.17) is 9.47 Å². The summed E-state index contributed by atoms with van der Waals surface area (Å²) in [6.07, 6.45) is 3.28. The fourth-order valence-corrected chi connectivity index (χ4v) is 3.46. The van der Waals surface area contributed by atoms with Gasteiger partial charge in [-0.1, -0.05) is 0 Å². The second-order valence-electron chi connectivity index (χ2n) is 7.62. The highest BCUT2D eigenvalue weighted by Gasteiger charge is 2.48. The highest BCUT2D eigenvalue weighted by molar-refractivity contribution is 6.04. The first-order valence-electron chi connectivity index (χ1n) is 8.30. The van der Waals surface area contributed by atoms with Crippen LogP contribution in [0.25, 0.3) is 0 Å². The number of rotatable bonds is 1. The Morgan fingerprint density at radius 3 is 2.54 bits per heavy atom. The molecule has 3 rings (SSSR count). The number of nitrogens with zero attached hydrogens (tertiary/aromatic N) is 2. The van der Waals surface area contributed by atoms with E-state index in [9.17, 15) is 9.59 Å². The lowest BCUT2D eigenvalue weighted by atomic mass is 9.75. The van der Waals surface area contributed by atoms with Gasteiger partial charge in [0.25, 0.3) is 0 Å². The molecule has 1 aromatic heterocycles. The van der Waals surface area contributed by atoms with Gasteiger partial charge >= 0.3 is 6.09 Å². The lowest BCUT2D eigenvalue weighted by molar-refractivity contribution is 0.0113. The van der Waals surface area contributed by atoms with Gasteiger partial charge in [-0.2, -0.15) is 0 Å². The highest BCUT2D eigenvalue weighted by Crippen LogP contribution is 2.44. The number of carbonyl (C=O) groups excluding carboxylic acids is 2. The van der Waals surface area contributed by atoms with Gasteiger partial charge in [0.05, 0.1) is 19.0 Å². The number of ether oxygens (including phenoxy) is 2. The molecule has 130 valence electrons. The van der Waals surface area contributed by atoms with Gasteiger partial charge in [0.1, 0.15) is 11.4 Å². The molecule has 0 saturated carbocycles. The Labute approximate surface area is 142 Å². The van der Waals surface area contributed by atoms with Crippen LogP contribution in [0.2, 0.25) is 0 Å². The predicted molar refractivity (Wildman–Crippen MR) is 88.3 cm³/mol. The van der Waals surface area contributed by atoms with Crippen molar-refractivity contribution in [2.75, 3.05) is 20.2 Å². The van der Waals surface area contributed by atoms with Gasteiger partial charge in [-0.05, 0) is 39.7 Å². The highest BCUT2D eigenvalue weighted by atomic mass is 16.6. The Morgan fingerprint density at radius 1 is 1.29 bits per heavy atom. The summed E-state index contributed by atoms with van der Waals surface area (Å²) in [6, 6.07) is 1.78. The third-order valence-corrected chi connectivity index (χ3v) is 4.79. The van der Waals surface area contributed by atoms with Gasteiger partial charge in [-0.15, -0.1) is 0 Å². The molecule has 1 saturated heterocycles. The average molecular weight is 332 g/mol. The minimum Gasteiger partial charge on any atom is -0.495 e. The van der Waals surface area contributed by atoms with Crippen LogP contribution >= 0.6 is 0 Å². The summed E-state index contributed by atoms with van der Waals surface area (Å²) in [4.78, 5) is 31.2. The van der Waals surface area contributed by atoms with E-state index >= 15 is 0 Å². The third kappa shape index (κ3) is 2.97. The number of carbonyl (C=O) groups is 2. The Bertz CT molecular complexity index is 670. The van der Waals surface area contributed by atoms with E-state index in [0.29, 0.717) is 43.7 Å². The molecule has 0 unspecified atom stereocenters. The smallest absolute Gasteiger partial charge is 0.410 e. The fourth-order valence-electron chi connectivity index (χ4n) is 3.46. The minimum atomic E-state index is -0.508. The molecule has 6 nitrogen and oxygen atoms in total. The van der Waals surface area contributed by atoms with Gasteiger partial charge in [-0.3, -0.25) is 9.78 Å². The van der Waals surface area contributed by atoms with E-state index in [1.165, 1.54) is 0 Å². The van der Waals surface area contributed by atoms with Crippen molar-refractivity contribution in [2.24, 2.45) is 5.41 Å². The zero-order chi connectivity index (χ0) is 17.5. The monoisotopic (exact) mass is 332 g/mol. The number of Topliss-reactive ketones (excluding diaryl/α,β-unsaturated/α-hetero) is 1. The number of aromatic nitrogens is 1. The van der Waals surface area contributed by atoms with Crippen LogP contribution < -0.4 is 4.74 Å². The summed E-state index contributed by atoms with van der Waals surface area (Å²) in [7, 11) is 1.57. The van der Waals surface area contributed by atoms with Gasteiger partial charge in [-0.25, -0.2) is 4.79 Å². The molecule has 0 radical (unpaired) electrons. The van der Waals surface area contributed by atoms with Gasteiger partial charge in [0.2, 0.25) is 0 Å². The van der Waals surface area contributed by atoms with Crippen LogP contribution in [0.15, 0.2) is 12.3 Å². The second kappa shape index (κ2) is 5.76. The van der Waals surface area contributed by atoms with Crippen molar-refractivity contribution >= 4 is 11.9 Å². The minimum absolute atomic E-state index is 0.132. The number of hydrogen-bond acceptors (Lipinski definition) is 5. The van der Waals surface area contributed by atoms with Crippen LogP contribution in [-0.4, -0.2) is 47.6 Å². The van der Waals surface area contributed by atoms with E-state index in [-0.39, 0.29) is 11.9 Å². The Balaban J connectivity index is 1.70. The lowest BCUT2D eigenvalue weighted by Gasteiger charge is -2.38. The molecule has 0 atom stereocenters. The number of fused-ring (bicyclic) bond motifs is 1. The van der Waals surface area contributed by atoms with Crippen molar-refractivity contribution < 1.29 is 19.1 Å². The number of ketones is 1. The Kier molecular flexibility index (Phi) is 4.01. The van der Waals surface area contributed by atoms with E-state index < -0.39 is 11.0 Å². The summed E-state index contributed by atoms with van der Waals surface area (Å²) in [5.41, 5.74) is 0.568. The number of methoxy groups -OCH3 is 1. The third-order valence-electron chi connectivity index (χ3n) is 4.79. The van der Waals surface area contributed by atoms with E-state index in [0.717, 1.165) is 5.69 Å². The van der Waals surface area contributed by atoms with E-state index in [1.54, 1.807) is 24.3 Å². The van der Waals surface area contributed by atoms with Crippen LogP contribution in [0, 0.1) is 5.41 Å². The number of hydrogen-bond donors (Lipinski definition) is 0. The summed E-state index contributed by atoms with van der Waals surface area (Å²) in [6.45, 7) is 6.63. The first kappa shape index (κ1) is 16.7. The molecule has 1 aromatic rings. The van der Waals surface area contributed by atoms with Crippen molar-refractivity contribution in [3.63, 3.8) is 0 Å². The van der Waals surface area contributed by atoms with Crippen LogP contribution in [0.1, 0.15) is 49.7 Å². The number of pyridine rings is 1. The van der Waals surface area contributed by atoms with Gasteiger partial charge in [0, 0.05) is 30.5 Å². The normalized spacial score (nSPS) is 19.3. The summed E-state index contributed by atoms with van der Waals surface area (Å²) >= 11 is 0. The SMILES string of the molecule is COc1cnc2c(c1)C(=O)C1(CCN(C(=O)OC(C)(C)C)CC1)C2. The van der Waals surface area contributed by atoms with Crippen LogP contribution in [-0.2, 0) is 11.2 Å². The Morgan fingerprint density at radius 2 is 1.96 bits per heavy atom. The molecule has 2 aliphatic rings. The molecular weight excluding hydrogens is 308 g/mol. The first-order valence-corrected chi connectivity index (χ1v) is 8.30. The molecule has 24 heavy (non-hydrogen) atoms. The molecule has 1 spiro atoms. The maximum absolute atomic E-state index is 12.9. The number of piperidine rings is 1. The maximum Gasteiger partial charge on any atom is 0.410 e. The summed E-state index contributed by atoms with van der Waals surface area (Å²) in [5.74, 6) is 0.734. The number of likely N-dealkylation sites (tertiary alicyclic amines) is 1. The fraction of sp³-hybridized carbons (Fsp3) is 0.611. The van der Waals surface area contributed by atoms with Gasteiger partial charge < -0.3 is 14.4 Å². The first-order chi connectivity index (χ1) is 11.2. The van der Waals surface area contributed by atoms with Crippen LogP contribution in [0.5, 0.6) is 5.75 Å². The van der Waals surface area contributed by atoms with Gasteiger partial charge in [0.15, 0.2) is 5.78 Å². The maximum atomic E-state index is 12.9. The predicted octanol–water partition coefficient (Wildman–Crippen LogP) is 2.85. The van der Waals surface area contributed by atoms with Crippen molar-refractivity contribution in [1.82, 2.24) is 9.88 Å². The van der Waals surface area contributed by atoms with Crippen molar-refractivity contribution in [3.05, 3.63) is 23.5 Å². The molecule has 6 heteroatoms. The van der Waals surface area contributed by atoms with Crippen molar-refractivity contribution in [2.45, 2.75) is 45.6 Å². The standard InChI is InChI=1S/C18H24N2O4/c1-17(2,3)24-16(22)20-7-5-18(6-8-20)10-14-13(15(18)21)9-12(23-4)11-19-14/h9,11H,5-8,10H2,1-4H3. The topological polar surface area (TPSA) is 68.7 Å². The number of amides is 1. The molecule has 0 bridgehead atoms. The molecule has 0 aromatic carbocycles. The lowest BCUT2D eigenvalue weighted by Crippen LogP contribution is -2.47. The largest absolute Gasteiger partial charge is 0.495 e. The van der Waals surface area contributed by atoms with E-state index in [1.807, 2.05) is 20.8 Å². The van der Waals surface area contributed by atoms with Crippen LogP contribution in [0.4, 0.5) is 4.79 Å². The molecular formula is C18H24N2O4. The average Bonchev–Trinajstić information content (AvgIpc) is 2.78. The zero-order valence-corrected chi connectivity index (χ0v) is 14.7. The van der Waals surface area contributed by atoms with Crippen molar-refractivity contribution in [3.8, 4) is 5.75 Å². The molecule has 2 heterocycles.